The number of hydrogen-bond acceptors (Lipinski definition) is 1. The Morgan fingerprint density at radius 2 is 2.00 bits per heavy atom. The quantitative estimate of drug-likeness (QED) is 0.845. The largest absolute Gasteiger partial charge is 0.314 e. The van der Waals surface area contributed by atoms with Crippen LogP contribution in [0, 0.1) is 0 Å². The first kappa shape index (κ1) is 11.8. The molecular formula is C10H12Cl2FN. The molecule has 0 radical (unpaired) electrons. The lowest BCUT2D eigenvalue weighted by Crippen LogP contribution is -2.26. The Hall–Kier alpha value is -0.310. The number of alkyl halides is 1. The molecule has 0 heterocycles. The van der Waals surface area contributed by atoms with Gasteiger partial charge in [-0.15, -0.1) is 0 Å². The number of rotatable bonds is 3. The van der Waals surface area contributed by atoms with Crippen molar-refractivity contribution in [3.05, 3.63) is 33.8 Å². The van der Waals surface area contributed by atoms with E-state index >= 15 is 0 Å². The van der Waals surface area contributed by atoms with Crippen molar-refractivity contribution < 1.29 is 4.39 Å². The molecule has 0 aromatic heterocycles. The summed E-state index contributed by atoms with van der Waals surface area (Å²) in [6, 6.07) is 4.53. The van der Waals surface area contributed by atoms with Gasteiger partial charge >= 0.3 is 0 Å². The third-order valence-corrected chi connectivity index (χ3v) is 2.72. The fraction of sp³-hybridized carbons (Fsp3) is 0.400. The van der Waals surface area contributed by atoms with Crippen LogP contribution in [0.15, 0.2) is 18.2 Å². The molecule has 4 heteroatoms. The van der Waals surface area contributed by atoms with Gasteiger partial charge in [0.1, 0.15) is 6.17 Å². The van der Waals surface area contributed by atoms with E-state index in [4.69, 9.17) is 23.2 Å². The summed E-state index contributed by atoms with van der Waals surface area (Å²) in [4.78, 5) is 0. The van der Waals surface area contributed by atoms with Crippen LogP contribution < -0.4 is 5.32 Å². The lowest BCUT2D eigenvalue weighted by atomic mass is 10.1. The first-order valence-electron chi connectivity index (χ1n) is 4.32. The summed E-state index contributed by atoms with van der Waals surface area (Å²) < 4.78 is 13.7. The summed E-state index contributed by atoms with van der Waals surface area (Å²) in [5.74, 6) is 0. The van der Waals surface area contributed by atoms with Gasteiger partial charge in [0.15, 0.2) is 0 Å². The maximum atomic E-state index is 13.7. The normalized spacial score (nSPS) is 15.2. The molecule has 1 N–H and O–H groups in total. The zero-order chi connectivity index (χ0) is 10.7. The van der Waals surface area contributed by atoms with E-state index in [1.807, 2.05) is 0 Å². The van der Waals surface area contributed by atoms with Gasteiger partial charge in [0, 0.05) is 21.7 Å². The molecule has 1 nitrogen and oxygen atoms in total. The van der Waals surface area contributed by atoms with Gasteiger partial charge in [-0.1, -0.05) is 29.3 Å². The maximum absolute atomic E-state index is 13.7. The van der Waals surface area contributed by atoms with Crippen LogP contribution in [-0.4, -0.2) is 13.1 Å². The van der Waals surface area contributed by atoms with Gasteiger partial charge in [0.25, 0.3) is 0 Å². The predicted molar refractivity (Wildman–Crippen MR) is 58.8 cm³/mol. The Morgan fingerprint density at radius 3 is 2.50 bits per heavy atom. The van der Waals surface area contributed by atoms with Crippen molar-refractivity contribution >= 4 is 23.2 Å². The highest BCUT2D eigenvalue weighted by Crippen LogP contribution is 2.30. The second kappa shape index (κ2) is 4.96. The average Bonchev–Trinajstić information content (AvgIpc) is 2.15. The van der Waals surface area contributed by atoms with Crippen molar-refractivity contribution in [1.29, 1.82) is 0 Å². The topological polar surface area (TPSA) is 12.0 Å². The molecule has 1 aromatic rings. The van der Waals surface area contributed by atoms with Crippen LogP contribution in [-0.2, 0) is 0 Å². The van der Waals surface area contributed by atoms with E-state index in [2.05, 4.69) is 5.32 Å². The smallest absolute Gasteiger partial charge is 0.141 e. The van der Waals surface area contributed by atoms with Crippen LogP contribution >= 0.6 is 23.2 Å². The zero-order valence-electron chi connectivity index (χ0n) is 8.02. The van der Waals surface area contributed by atoms with Crippen LogP contribution in [0.25, 0.3) is 0 Å². The first-order valence-corrected chi connectivity index (χ1v) is 5.08. The molecule has 2 atom stereocenters. The summed E-state index contributed by atoms with van der Waals surface area (Å²) in [7, 11) is 1.71. The van der Waals surface area contributed by atoms with E-state index in [9.17, 15) is 4.39 Å². The van der Waals surface area contributed by atoms with Crippen molar-refractivity contribution in [3.8, 4) is 0 Å². The van der Waals surface area contributed by atoms with E-state index in [-0.39, 0.29) is 6.04 Å². The second-order valence-corrected chi connectivity index (χ2v) is 3.99. The zero-order valence-corrected chi connectivity index (χ0v) is 9.53. The van der Waals surface area contributed by atoms with Crippen molar-refractivity contribution in [3.63, 3.8) is 0 Å². The summed E-state index contributed by atoms with van der Waals surface area (Å²) in [6.07, 6.45) is -1.12. The minimum atomic E-state index is -1.12. The molecule has 2 unspecified atom stereocenters. The summed E-state index contributed by atoms with van der Waals surface area (Å²) in [6.45, 7) is 1.76. The molecule has 0 saturated carbocycles. The molecule has 0 bridgehead atoms. The van der Waals surface area contributed by atoms with Gasteiger partial charge in [-0.3, -0.25) is 0 Å². The Balaban J connectivity index is 2.95. The SMILES string of the molecule is CNC(C)C(F)c1ccc(Cl)cc1Cl. The minimum absolute atomic E-state index is 0.270. The highest BCUT2D eigenvalue weighted by Gasteiger charge is 2.19. The molecule has 1 rings (SSSR count). The third kappa shape index (κ3) is 2.59. The van der Waals surface area contributed by atoms with Gasteiger partial charge < -0.3 is 5.32 Å². The van der Waals surface area contributed by atoms with E-state index < -0.39 is 6.17 Å². The fourth-order valence-electron chi connectivity index (χ4n) is 1.14. The fourth-order valence-corrected chi connectivity index (χ4v) is 1.65. The number of benzene rings is 1. The molecule has 1 aromatic carbocycles. The van der Waals surface area contributed by atoms with E-state index in [1.165, 1.54) is 0 Å². The number of nitrogens with one attached hydrogen (secondary N) is 1. The molecule has 14 heavy (non-hydrogen) atoms. The standard InChI is InChI=1S/C10H12Cl2FN/c1-6(14-2)10(13)8-4-3-7(11)5-9(8)12/h3-6,10,14H,1-2H3. The lowest BCUT2D eigenvalue weighted by Gasteiger charge is -2.17. The average molecular weight is 236 g/mol. The third-order valence-electron chi connectivity index (χ3n) is 2.15. The molecule has 0 aliphatic rings. The van der Waals surface area contributed by atoms with Crippen LogP contribution in [0.2, 0.25) is 10.0 Å². The van der Waals surface area contributed by atoms with Crippen LogP contribution in [0.4, 0.5) is 4.39 Å². The summed E-state index contributed by atoms with van der Waals surface area (Å²) in [5.41, 5.74) is 0.470. The summed E-state index contributed by atoms with van der Waals surface area (Å²) in [5, 5.41) is 3.72. The Morgan fingerprint density at radius 1 is 1.36 bits per heavy atom. The van der Waals surface area contributed by atoms with Crippen molar-refractivity contribution in [2.75, 3.05) is 7.05 Å². The Labute approximate surface area is 93.2 Å². The van der Waals surface area contributed by atoms with Crippen molar-refractivity contribution in [2.24, 2.45) is 0 Å². The number of likely N-dealkylation sites (N-methyl/N-ethyl adjacent to an activating group) is 1. The van der Waals surface area contributed by atoms with Gasteiger partial charge in [-0.2, -0.15) is 0 Å². The van der Waals surface area contributed by atoms with Gasteiger partial charge in [0.05, 0.1) is 0 Å². The molecule has 0 aliphatic heterocycles. The van der Waals surface area contributed by atoms with Gasteiger partial charge in [0.2, 0.25) is 0 Å². The van der Waals surface area contributed by atoms with Crippen molar-refractivity contribution in [1.82, 2.24) is 5.32 Å². The molecule has 0 fully saturated rings. The van der Waals surface area contributed by atoms with Gasteiger partial charge in [-0.25, -0.2) is 4.39 Å². The summed E-state index contributed by atoms with van der Waals surface area (Å²) >= 11 is 11.6. The first-order chi connectivity index (χ1) is 6.56. The molecular weight excluding hydrogens is 224 g/mol. The second-order valence-electron chi connectivity index (χ2n) is 3.14. The molecule has 78 valence electrons. The van der Waals surface area contributed by atoms with E-state index in [0.29, 0.717) is 15.6 Å². The molecule has 0 spiro atoms. The lowest BCUT2D eigenvalue weighted by molar-refractivity contribution is 0.275. The molecule has 0 saturated heterocycles. The minimum Gasteiger partial charge on any atom is -0.314 e. The van der Waals surface area contributed by atoms with Crippen LogP contribution in [0.3, 0.4) is 0 Å². The highest BCUT2D eigenvalue weighted by atomic mass is 35.5. The van der Waals surface area contributed by atoms with Crippen LogP contribution in [0.1, 0.15) is 18.7 Å². The van der Waals surface area contributed by atoms with E-state index in [1.54, 1.807) is 32.2 Å². The number of halogens is 3. The molecule has 0 amide bonds. The number of hydrogen-bond donors (Lipinski definition) is 1. The van der Waals surface area contributed by atoms with Crippen molar-refractivity contribution in [2.45, 2.75) is 19.1 Å². The maximum Gasteiger partial charge on any atom is 0.141 e. The van der Waals surface area contributed by atoms with Crippen LogP contribution in [0.5, 0.6) is 0 Å². The van der Waals surface area contributed by atoms with E-state index in [0.717, 1.165) is 0 Å². The molecule has 0 aliphatic carbocycles. The Kier molecular flexibility index (Phi) is 4.17. The predicted octanol–water partition coefficient (Wildman–Crippen LogP) is 3.61. The van der Waals surface area contributed by atoms with Gasteiger partial charge in [-0.05, 0) is 26.1 Å². The monoisotopic (exact) mass is 235 g/mol. The Bertz CT molecular complexity index is 317. The highest BCUT2D eigenvalue weighted by molar-refractivity contribution is 6.35.